The van der Waals surface area contributed by atoms with Crippen molar-refractivity contribution in [1.29, 1.82) is 0 Å². The Labute approximate surface area is 157 Å². The lowest BCUT2D eigenvalue weighted by Gasteiger charge is -2.30. The van der Waals surface area contributed by atoms with Gasteiger partial charge in [-0.25, -0.2) is 9.59 Å². The van der Waals surface area contributed by atoms with Crippen LogP contribution in [0.15, 0.2) is 47.7 Å². The Hall–Kier alpha value is -3.06. The fourth-order valence-electron chi connectivity index (χ4n) is 3.23. The lowest BCUT2D eigenvalue weighted by Crippen LogP contribution is -2.45. The predicted octanol–water partition coefficient (Wildman–Crippen LogP) is 2.67. The molecule has 0 radical (unpaired) electrons. The quantitative estimate of drug-likeness (QED) is 0.603. The molecule has 3 rings (SSSR count). The first-order chi connectivity index (χ1) is 13.1. The van der Waals surface area contributed by atoms with E-state index in [0.717, 1.165) is 10.8 Å². The normalized spacial score (nSPS) is 16.7. The van der Waals surface area contributed by atoms with Crippen molar-refractivity contribution >= 4 is 22.8 Å². The molecule has 2 amide bonds. The van der Waals surface area contributed by atoms with Gasteiger partial charge in [-0.05, 0) is 23.8 Å². The Morgan fingerprint density at radius 1 is 1.11 bits per heavy atom. The van der Waals surface area contributed by atoms with Gasteiger partial charge >= 0.3 is 12.0 Å². The van der Waals surface area contributed by atoms with Crippen LogP contribution in [0.3, 0.4) is 0 Å². The molecule has 0 saturated heterocycles. The molecule has 0 unspecified atom stereocenters. The van der Waals surface area contributed by atoms with Crippen LogP contribution in [-0.2, 0) is 14.3 Å². The Morgan fingerprint density at radius 2 is 1.89 bits per heavy atom. The van der Waals surface area contributed by atoms with Crippen LogP contribution in [0.1, 0.15) is 18.5 Å². The molecule has 1 aliphatic rings. The molecule has 7 heteroatoms. The summed E-state index contributed by atoms with van der Waals surface area (Å²) in [5.41, 5.74) is 1.49. The zero-order chi connectivity index (χ0) is 19.4. The second-order valence-corrected chi connectivity index (χ2v) is 6.10. The van der Waals surface area contributed by atoms with Crippen LogP contribution in [0, 0.1) is 0 Å². The molecule has 142 valence electrons. The summed E-state index contributed by atoms with van der Waals surface area (Å²) in [5, 5.41) is 7.34. The number of allylic oxidation sites excluding steroid dienone is 1. The number of amides is 2. The maximum atomic E-state index is 12.7. The second kappa shape index (κ2) is 8.09. The monoisotopic (exact) mass is 370 g/mol. The number of fused-ring (bicyclic) bond motifs is 1. The van der Waals surface area contributed by atoms with E-state index in [0.29, 0.717) is 29.2 Å². The maximum absolute atomic E-state index is 12.7. The molecule has 0 saturated carbocycles. The van der Waals surface area contributed by atoms with Gasteiger partial charge in [0.25, 0.3) is 0 Å². The molecule has 27 heavy (non-hydrogen) atoms. The Kier molecular flexibility index (Phi) is 5.61. The van der Waals surface area contributed by atoms with Crippen molar-refractivity contribution in [3.63, 3.8) is 0 Å². The maximum Gasteiger partial charge on any atom is 0.338 e. The number of benzene rings is 2. The average molecular weight is 370 g/mol. The van der Waals surface area contributed by atoms with E-state index in [2.05, 4.69) is 10.6 Å². The largest absolute Gasteiger partial charge is 0.496 e. The number of ether oxygens (including phenoxy) is 3. The second-order valence-electron chi connectivity index (χ2n) is 6.10. The third-order valence-corrected chi connectivity index (χ3v) is 4.45. The molecule has 0 fully saturated rings. The highest BCUT2D eigenvalue weighted by atomic mass is 16.6. The molecular weight excluding hydrogens is 348 g/mol. The van der Waals surface area contributed by atoms with E-state index in [1.165, 1.54) is 7.11 Å². The summed E-state index contributed by atoms with van der Waals surface area (Å²) in [5.74, 6) is 0.0629. The number of rotatable bonds is 6. The van der Waals surface area contributed by atoms with Crippen molar-refractivity contribution in [2.75, 3.05) is 27.4 Å². The van der Waals surface area contributed by atoms with Gasteiger partial charge in [-0.3, -0.25) is 0 Å². The topological polar surface area (TPSA) is 85.9 Å². The molecule has 2 aromatic rings. The molecular formula is C20H22N2O5. The smallest absolute Gasteiger partial charge is 0.338 e. The molecule has 1 heterocycles. The van der Waals surface area contributed by atoms with Crippen molar-refractivity contribution in [3.8, 4) is 5.75 Å². The fraction of sp³-hybridized carbons (Fsp3) is 0.300. The minimum absolute atomic E-state index is 0.124. The third-order valence-electron chi connectivity index (χ3n) is 4.45. The fourth-order valence-corrected chi connectivity index (χ4v) is 3.23. The van der Waals surface area contributed by atoms with Crippen LogP contribution in [0.5, 0.6) is 5.75 Å². The molecule has 0 spiro atoms. The van der Waals surface area contributed by atoms with E-state index in [-0.39, 0.29) is 12.6 Å². The van der Waals surface area contributed by atoms with Crippen molar-refractivity contribution in [2.24, 2.45) is 0 Å². The molecule has 1 atom stereocenters. The Balaban J connectivity index is 2.13. The van der Waals surface area contributed by atoms with Crippen LogP contribution in [0.25, 0.3) is 10.8 Å². The van der Waals surface area contributed by atoms with E-state index in [1.54, 1.807) is 14.0 Å². The molecule has 2 N–H and O–H groups in total. The summed E-state index contributed by atoms with van der Waals surface area (Å²) in [4.78, 5) is 24.9. The predicted molar refractivity (Wildman–Crippen MR) is 100 cm³/mol. The molecule has 0 aromatic heterocycles. The van der Waals surface area contributed by atoms with Crippen molar-refractivity contribution in [1.82, 2.24) is 10.6 Å². The lowest BCUT2D eigenvalue weighted by molar-refractivity contribution is -0.140. The van der Waals surface area contributed by atoms with Crippen LogP contribution in [0.2, 0.25) is 0 Å². The summed E-state index contributed by atoms with van der Waals surface area (Å²) >= 11 is 0. The lowest BCUT2D eigenvalue weighted by atomic mass is 9.90. The zero-order valence-electron chi connectivity index (χ0n) is 15.5. The van der Waals surface area contributed by atoms with Crippen LogP contribution < -0.4 is 15.4 Å². The molecule has 1 aliphatic heterocycles. The number of urea groups is 1. The molecule has 2 aromatic carbocycles. The van der Waals surface area contributed by atoms with Gasteiger partial charge in [-0.2, -0.15) is 0 Å². The summed E-state index contributed by atoms with van der Waals surface area (Å²) in [6.45, 7) is 2.09. The number of hydrogen-bond acceptors (Lipinski definition) is 5. The summed E-state index contributed by atoms with van der Waals surface area (Å²) in [6.07, 6.45) is 0. The summed E-state index contributed by atoms with van der Waals surface area (Å²) in [6, 6.07) is 10.4. The van der Waals surface area contributed by atoms with Gasteiger partial charge in [0.15, 0.2) is 0 Å². The third kappa shape index (κ3) is 3.73. The van der Waals surface area contributed by atoms with Crippen LogP contribution in [0.4, 0.5) is 4.79 Å². The molecule has 0 bridgehead atoms. The standard InChI is InChI=1S/C20H22N2O5/c1-12-16(19(23)27-11-10-25-2)18(22-20(24)21-12)17-14-7-5-4-6-13(14)8-9-15(17)26-3/h4-9,18H,10-11H2,1-3H3,(H2,21,22,24)/t18-/m0/s1. The molecule has 0 aliphatic carbocycles. The van der Waals surface area contributed by atoms with Gasteiger partial charge in [0, 0.05) is 18.4 Å². The number of esters is 1. The van der Waals surface area contributed by atoms with E-state index in [9.17, 15) is 9.59 Å². The molecule has 7 nitrogen and oxygen atoms in total. The highest BCUT2D eigenvalue weighted by Crippen LogP contribution is 2.38. The van der Waals surface area contributed by atoms with Crippen molar-refractivity contribution < 1.29 is 23.8 Å². The number of nitrogens with one attached hydrogen (secondary N) is 2. The Morgan fingerprint density at radius 3 is 2.63 bits per heavy atom. The summed E-state index contributed by atoms with van der Waals surface area (Å²) < 4.78 is 15.8. The highest BCUT2D eigenvalue weighted by molar-refractivity contribution is 5.98. The van der Waals surface area contributed by atoms with Gasteiger partial charge in [0.2, 0.25) is 0 Å². The first-order valence-corrected chi connectivity index (χ1v) is 8.56. The summed E-state index contributed by atoms with van der Waals surface area (Å²) in [7, 11) is 3.09. The van der Waals surface area contributed by atoms with Gasteiger partial charge < -0.3 is 24.8 Å². The number of carbonyl (C=O) groups is 2. The van der Waals surface area contributed by atoms with Crippen LogP contribution in [-0.4, -0.2) is 39.4 Å². The Bertz CT molecular complexity index is 906. The number of hydrogen-bond donors (Lipinski definition) is 2. The first-order valence-electron chi connectivity index (χ1n) is 8.56. The van der Waals surface area contributed by atoms with Gasteiger partial charge in [-0.1, -0.05) is 30.3 Å². The van der Waals surface area contributed by atoms with Crippen molar-refractivity contribution in [3.05, 3.63) is 53.2 Å². The number of carbonyl (C=O) groups excluding carboxylic acids is 2. The van der Waals surface area contributed by atoms with Gasteiger partial charge in [0.05, 0.1) is 25.3 Å². The van der Waals surface area contributed by atoms with Gasteiger partial charge in [-0.15, -0.1) is 0 Å². The number of methoxy groups -OCH3 is 2. The highest BCUT2D eigenvalue weighted by Gasteiger charge is 2.35. The van der Waals surface area contributed by atoms with E-state index in [1.807, 2.05) is 36.4 Å². The van der Waals surface area contributed by atoms with Gasteiger partial charge in [0.1, 0.15) is 12.4 Å². The van der Waals surface area contributed by atoms with E-state index in [4.69, 9.17) is 14.2 Å². The minimum atomic E-state index is -0.699. The first kappa shape index (κ1) is 18.7. The zero-order valence-corrected chi connectivity index (χ0v) is 15.5. The SMILES string of the molecule is COCCOC(=O)C1=C(C)NC(=O)N[C@@H]1c1c(OC)ccc2ccccc12. The van der Waals surface area contributed by atoms with E-state index >= 15 is 0 Å². The average Bonchev–Trinajstić information content (AvgIpc) is 2.66. The minimum Gasteiger partial charge on any atom is -0.496 e. The van der Waals surface area contributed by atoms with Crippen molar-refractivity contribution in [2.45, 2.75) is 13.0 Å². The van der Waals surface area contributed by atoms with E-state index < -0.39 is 12.0 Å². The van der Waals surface area contributed by atoms with Crippen LogP contribution >= 0.6 is 0 Å².